The molecule has 1 aromatic carbocycles. The molecule has 0 spiro atoms. The number of aromatic nitrogens is 2. The highest BCUT2D eigenvalue weighted by Gasteiger charge is 2.08. The molecule has 1 heterocycles. The molecule has 0 unspecified atom stereocenters. The molecule has 0 aliphatic carbocycles. The van der Waals surface area contributed by atoms with Gasteiger partial charge >= 0.3 is 0 Å². The SMILES string of the molecule is CCc1ccc(-c2nc(Cl)cc(C(C)C)n2)cc1. The van der Waals surface area contributed by atoms with Gasteiger partial charge in [0.1, 0.15) is 5.15 Å². The Morgan fingerprint density at radius 2 is 1.78 bits per heavy atom. The number of nitrogens with zero attached hydrogens (tertiary/aromatic N) is 2. The molecule has 94 valence electrons. The van der Waals surface area contributed by atoms with E-state index in [1.165, 1.54) is 5.56 Å². The highest BCUT2D eigenvalue weighted by Crippen LogP contribution is 2.22. The average Bonchev–Trinajstić information content (AvgIpc) is 2.38. The molecule has 0 radical (unpaired) electrons. The first-order chi connectivity index (χ1) is 8.60. The molecule has 0 aliphatic heterocycles. The zero-order valence-electron chi connectivity index (χ0n) is 10.9. The van der Waals surface area contributed by atoms with Crippen LogP contribution in [0.1, 0.15) is 37.9 Å². The highest BCUT2D eigenvalue weighted by molar-refractivity contribution is 6.29. The van der Waals surface area contributed by atoms with Gasteiger partial charge in [0.15, 0.2) is 5.82 Å². The quantitative estimate of drug-likeness (QED) is 0.761. The standard InChI is InChI=1S/C15H17ClN2/c1-4-11-5-7-12(8-6-11)15-17-13(10(2)3)9-14(16)18-15/h5-10H,4H2,1-3H3. The van der Waals surface area contributed by atoms with Crippen molar-refractivity contribution in [2.75, 3.05) is 0 Å². The maximum atomic E-state index is 6.05. The van der Waals surface area contributed by atoms with Crippen molar-refractivity contribution < 1.29 is 0 Å². The Balaban J connectivity index is 2.42. The Labute approximate surface area is 113 Å². The molecule has 0 amide bonds. The molecule has 0 aliphatic rings. The van der Waals surface area contributed by atoms with Gasteiger partial charge in [-0.15, -0.1) is 0 Å². The zero-order valence-corrected chi connectivity index (χ0v) is 11.7. The van der Waals surface area contributed by atoms with E-state index in [0.717, 1.165) is 17.7 Å². The van der Waals surface area contributed by atoms with E-state index in [2.05, 4.69) is 55.0 Å². The second kappa shape index (κ2) is 5.49. The normalized spacial score (nSPS) is 10.9. The number of benzene rings is 1. The second-order valence-electron chi connectivity index (χ2n) is 4.64. The van der Waals surface area contributed by atoms with E-state index in [-0.39, 0.29) is 0 Å². The summed E-state index contributed by atoms with van der Waals surface area (Å²) in [4.78, 5) is 8.86. The molecule has 3 heteroatoms. The first-order valence-electron chi connectivity index (χ1n) is 6.24. The number of rotatable bonds is 3. The van der Waals surface area contributed by atoms with Crippen molar-refractivity contribution in [1.82, 2.24) is 9.97 Å². The molecular formula is C15H17ClN2. The van der Waals surface area contributed by atoms with Crippen LogP contribution in [0.2, 0.25) is 5.15 Å². The van der Waals surface area contributed by atoms with Crippen LogP contribution >= 0.6 is 11.6 Å². The van der Waals surface area contributed by atoms with Crippen LogP contribution in [0.5, 0.6) is 0 Å². The second-order valence-corrected chi connectivity index (χ2v) is 5.03. The highest BCUT2D eigenvalue weighted by atomic mass is 35.5. The molecule has 2 aromatic rings. The number of hydrogen-bond acceptors (Lipinski definition) is 2. The number of halogens is 1. The third-order valence-corrected chi connectivity index (χ3v) is 3.12. The Bertz CT molecular complexity index is 533. The van der Waals surface area contributed by atoms with Gasteiger partial charge in [-0.25, -0.2) is 9.97 Å². The van der Waals surface area contributed by atoms with Gasteiger partial charge in [-0.3, -0.25) is 0 Å². The van der Waals surface area contributed by atoms with Crippen LogP contribution in [0.15, 0.2) is 30.3 Å². The molecule has 0 saturated carbocycles. The fourth-order valence-corrected chi connectivity index (χ4v) is 1.94. The zero-order chi connectivity index (χ0) is 13.1. The van der Waals surface area contributed by atoms with E-state index in [1.807, 2.05) is 6.07 Å². The van der Waals surface area contributed by atoms with Crippen LogP contribution in [0, 0.1) is 0 Å². The van der Waals surface area contributed by atoms with Gasteiger partial charge in [-0.2, -0.15) is 0 Å². The molecule has 0 saturated heterocycles. The van der Waals surface area contributed by atoms with Gasteiger partial charge < -0.3 is 0 Å². The summed E-state index contributed by atoms with van der Waals surface area (Å²) < 4.78 is 0. The summed E-state index contributed by atoms with van der Waals surface area (Å²) in [5.41, 5.74) is 3.30. The minimum Gasteiger partial charge on any atom is -0.233 e. The van der Waals surface area contributed by atoms with Crippen LogP contribution in [0.25, 0.3) is 11.4 Å². The smallest absolute Gasteiger partial charge is 0.161 e. The largest absolute Gasteiger partial charge is 0.233 e. The molecule has 2 rings (SSSR count). The van der Waals surface area contributed by atoms with Gasteiger partial charge in [0.05, 0.1) is 0 Å². The summed E-state index contributed by atoms with van der Waals surface area (Å²) in [6.45, 7) is 6.34. The van der Waals surface area contributed by atoms with E-state index < -0.39 is 0 Å². The summed E-state index contributed by atoms with van der Waals surface area (Å²) in [5.74, 6) is 1.05. The molecule has 0 fully saturated rings. The van der Waals surface area contributed by atoms with Crippen molar-refractivity contribution in [3.8, 4) is 11.4 Å². The van der Waals surface area contributed by atoms with Crippen LogP contribution < -0.4 is 0 Å². The van der Waals surface area contributed by atoms with Crippen molar-refractivity contribution in [3.63, 3.8) is 0 Å². The third kappa shape index (κ3) is 2.88. The molecule has 0 atom stereocenters. The number of aryl methyl sites for hydroxylation is 1. The fraction of sp³-hybridized carbons (Fsp3) is 0.333. The van der Waals surface area contributed by atoms with Gasteiger partial charge in [0.2, 0.25) is 0 Å². The Hall–Kier alpha value is -1.41. The van der Waals surface area contributed by atoms with Gasteiger partial charge in [-0.1, -0.05) is 56.6 Å². The van der Waals surface area contributed by atoms with E-state index in [4.69, 9.17) is 11.6 Å². The van der Waals surface area contributed by atoms with Gasteiger partial charge in [0, 0.05) is 11.3 Å². The minimum atomic E-state index is 0.346. The predicted molar refractivity (Wildman–Crippen MR) is 75.9 cm³/mol. The predicted octanol–water partition coefficient (Wildman–Crippen LogP) is 4.48. The minimum absolute atomic E-state index is 0.346. The summed E-state index contributed by atoms with van der Waals surface area (Å²) in [7, 11) is 0. The Morgan fingerprint density at radius 3 is 2.33 bits per heavy atom. The third-order valence-electron chi connectivity index (χ3n) is 2.93. The van der Waals surface area contributed by atoms with Crippen molar-refractivity contribution in [2.45, 2.75) is 33.1 Å². The maximum Gasteiger partial charge on any atom is 0.161 e. The lowest BCUT2D eigenvalue weighted by Gasteiger charge is -2.08. The Kier molecular flexibility index (Phi) is 3.97. The maximum absolute atomic E-state index is 6.05. The van der Waals surface area contributed by atoms with Gasteiger partial charge in [-0.05, 0) is 24.0 Å². The van der Waals surface area contributed by atoms with E-state index >= 15 is 0 Å². The topological polar surface area (TPSA) is 25.8 Å². The van der Waals surface area contributed by atoms with E-state index in [9.17, 15) is 0 Å². The van der Waals surface area contributed by atoms with Crippen LogP contribution in [0.3, 0.4) is 0 Å². The molecule has 1 aromatic heterocycles. The summed E-state index contributed by atoms with van der Waals surface area (Å²) in [5, 5.41) is 0.503. The summed E-state index contributed by atoms with van der Waals surface area (Å²) in [6.07, 6.45) is 1.04. The first-order valence-corrected chi connectivity index (χ1v) is 6.61. The van der Waals surface area contributed by atoms with Gasteiger partial charge in [0.25, 0.3) is 0 Å². The average molecular weight is 261 g/mol. The van der Waals surface area contributed by atoms with E-state index in [0.29, 0.717) is 16.9 Å². The van der Waals surface area contributed by atoms with Crippen LogP contribution in [-0.2, 0) is 6.42 Å². The molecular weight excluding hydrogens is 244 g/mol. The van der Waals surface area contributed by atoms with Crippen molar-refractivity contribution in [3.05, 3.63) is 46.7 Å². The lowest BCUT2D eigenvalue weighted by molar-refractivity contribution is 0.817. The molecule has 0 N–H and O–H groups in total. The monoisotopic (exact) mass is 260 g/mol. The molecule has 18 heavy (non-hydrogen) atoms. The Morgan fingerprint density at radius 1 is 1.11 bits per heavy atom. The van der Waals surface area contributed by atoms with Crippen LogP contribution in [-0.4, -0.2) is 9.97 Å². The van der Waals surface area contributed by atoms with Crippen molar-refractivity contribution >= 4 is 11.6 Å². The lowest BCUT2D eigenvalue weighted by Crippen LogP contribution is -1.98. The van der Waals surface area contributed by atoms with Crippen LogP contribution in [0.4, 0.5) is 0 Å². The number of hydrogen-bond donors (Lipinski definition) is 0. The first kappa shape index (κ1) is 13.0. The van der Waals surface area contributed by atoms with Crippen molar-refractivity contribution in [2.24, 2.45) is 0 Å². The van der Waals surface area contributed by atoms with Crippen molar-refractivity contribution in [1.29, 1.82) is 0 Å². The van der Waals surface area contributed by atoms with E-state index in [1.54, 1.807) is 0 Å². The lowest BCUT2D eigenvalue weighted by atomic mass is 10.1. The summed E-state index contributed by atoms with van der Waals surface area (Å²) >= 11 is 6.05. The molecule has 2 nitrogen and oxygen atoms in total. The molecule has 0 bridgehead atoms. The summed E-state index contributed by atoms with van der Waals surface area (Å²) in [6, 6.07) is 10.1. The fourth-order valence-electron chi connectivity index (χ4n) is 1.75.